The fourth-order valence-corrected chi connectivity index (χ4v) is 2.28. The van der Waals surface area contributed by atoms with E-state index in [4.69, 9.17) is 9.47 Å². The Morgan fingerprint density at radius 1 is 1.00 bits per heavy atom. The molecule has 0 bridgehead atoms. The van der Waals surface area contributed by atoms with Crippen LogP contribution in [0.3, 0.4) is 0 Å². The second kappa shape index (κ2) is 6.98. The minimum absolute atomic E-state index is 0.101. The van der Waals surface area contributed by atoms with E-state index in [-0.39, 0.29) is 5.91 Å². The number of hydrogen-bond donors (Lipinski definition) is 1. The first-order valence-corrected chi connectivity index (χ1v) is 7.11. The van der Waals surface area contributed by atoms with E-state index in [1.165, 1.54) is 0 Å². The number of benzene rings is 2. The van der Waals surface area contributed by atoms with Crippen LogP contribution >= 0.6 is 0 Å². The summed E-state index contributed by atoms with van der Waals surface area (Å²) in [5, 5.41) is 2.94. The molecule has 2 aromatic rings. The predicted octanol–water partition coefficient (Wildman–Crippen LogP) is 3.25. The van der Waals surface area contributed by atoms with Gasteiger partial charge in [0.05, 0.1) is 14.2 Å². The standard InChI is InChI=1S/C18H21NO3/c1-12-10-17(22-4)13(2)9-15(12)11-19-18(20)14-5-7-16(21-3)8-6-14/h5-10H,11H2,1-4H3,(H,19,20). The van der Waals surface area contributed by atoms with Crippen molar-refractivity contribution in [1.82, 2.24) is 5.32 Å². The molecule has 0 aliphatic rings. The van der Waals surface area contributed by atoms with Gasteiger partial charge in [-0.25, -0.2) is 0 Å². The highest BCUT2D eigenvalue weighted by atomic mass is 16.5. The SMILES string of the molecule is COc1ccc(C(=O)NCc2cc(C)c(OC)cc2C)cc1. The summed E-state index contributed by atoms with van der Waals surface area (Å²) in [6.07, 6.45) is 0. The highest BCUT2D eigenvalue weighted by Crippen LogP contribution is 2.22. The highest BCUT2D eigenvalue weighted by molar-refractivity contribution is 5.94. The van der Waals surface area contributed by atoms with Crippen molar-refractivity contribution < 1.29 is 14.3 Å². The molecule has 0 spiro atoms. The Kier molecular flexibility index (Phi) is 5.04. The average Bonchev–Trinajstić information content (AvgIpc) is 2.55. The van der Waals surface area contributed by atoms with Crippen LogP contribution in [0.25, 0.3) is 0 Å². The van der Waals surface area contributed by atoms with E-state index in [1.54, 1.807) is 38.5 Å². The molecule has 116 valence electrons. The van der Waals surface area contributed by atoms with Crippen molar-refractivity contribution in [2.75, 3.05) is 14.2 Å². The number of ether oxygens (including phenoxy) is 2. The quantitative estimate of drug-likeness (QED) is 0.922. The summed E-state index contributed by atoms with van der Waals surface area (Å²) in [4.78, 5) is 12.2. The Balaban J connectivity index is 2.05. The summed E-state index contributed by atoms with van der Waals surface area (Å²) in [5.74, 6) is 1.50. The maximum absolute atomic E-state index is 12.2. The molecule has 1 N–H and O–H groups in total. The summed E-state index contributed by atoms with van der Waals surface area (Å²) in [6, 6.07) is 11.1. The molecule has 0 heterocycles. The second-order valence-corrected chi connectivity index (χ2v) is 5.16. The van der Waals surface area contributed by atoms with Crippen molar-refractivity contribution in [3.63, 3.8) is 0 Å². The van der Waals surface area contributed by atoms with Crippen LogP contribution in [-0.4, -0.2) is 20.1 Å². The molecule has 0 aliphatic carbocycles. The van der Waals surface area contributed by atoms with Gasteiger partial charge in [0.25, 0.3) is 5.91 Å². The van der Waals surface area contributed by atoms with Crippen molar-refractivity contribution in [2.45, 2.75) is 20.4 Å². The zero-order valence-electron chi connectivity index (χ0n) is 13.4. The van der Waals surface area contributed by atoms with Crippen molar-refractivity contribution in [3.8, 4) is 11.5 Å². The Labute approximate surface area is 131 Å². The molecule has 0 fully saturated rings. The van der Waals surface area contributed by atoms with Gasteiger partial charge in [0.1, 0.15) is 11.5 Å². The largest absolute Gasteiger partial charge is 0.497 e. The van der Waals surface area contributed by atoms with E-state index in [0.29, 0.717) is 12.1 Å². The lowest BCUT2D eigenvalue weighted by Gasteiger charge is -2.12. The van der Waals surface area contributed by atoms with E-state index in [2.05, 4.69) is 5.32 Å². The van der Waals surface area contributed by atoms with E-state index in [9.17, 15) is 4.79 Å². The van der Waals surface area contributed by atoms with Gasteiger partial charge in [-0.3, -0.25) is 4.79 Å². The van der Waals surface area contributed by atoms with Crippen LogP contribution in [0.2, 0.25) is 0 Å². The molecule has 2 aromatic carbocycles. The second-order valence-electron chi connectivity index (χ2n) is 5.16. The molecule has 2 rings (SSSR count). The Bertz CT molecular complexity index is 663. The first kappa shape index (κ1) is 15.9. The molecule has 0 atom stereocenters. The third kappa shape index (κ3) is 3.58. The van der Waals surface area contributed by atoms with Crippen LogP contribution in [0, 0.1) is 13.8 Å². The maximum atomic E-state index is 12.2. The predicted molar refractivity (Wildman–Crippen MR) is 86.6 cm³/mol. The topological polar surface area (TPSA) is 47.6 Å². The molecule has 1 amide bonds. The first-order chi connectivity index (χ1) is 10.5. The summed E-state index contributed by atoms with van der Waals surface area (Å²) in [7, 11) is 3.26. The summed E-state index contributed by atoms with van der Waals surface area (Å²) >= 11 is 0. The van der Waals surface area contributed by atoms with Crippen molar-refractivity contribution in [1.29, 1.82) is 0 Å². The van der Waals surface area contributed by atoms with Gasteiger partial charge < -0.3 is 14.8 Å². The van der Waals surface area contributed by atoms with Gasteiger partial charge in [-0.05, 0) is 60.9 Å². The molecule has 22 heavy (non-hydrogen) atoms. The fourth-order valence-electron chi connectivity index (χ4n) is 2.28. The smallest absolute Gasteiger partial charge is 0.251 e. The molecular formula is C18H21NO3. The summed E-state index contributed by atoms with van der Waals surface area (Å²) in [6.45, 7) is 4.49. The number of amides is 1. The van der Waals surface area contributed by atoms with E-state index in [1.807, 2.05) is 26.0 Å². The molecule has 0 radical (unpaired) electrons. The van der Waals surface area contributed by atoms with Gasteiger partial charge in [0.2, 0.25) is 0 Å². The van der Waals surface area contributed by atoms with E-state index < -0.39 is 0 Å². The Morgan fingerprint density at radius 2 is 1.68 bits per heavy atom. The minimum atomic E-state index is -0.101. The molecule has 4 heteroatoms. The van der Waals surface area contributed by atoms with Crippen LogP contribution in [0.15, 0.2) is 36.4 Å². The number of methoxy groups -OCH3 is 2. The number of aryl methyl sites for hydroxylation is 2. The lowest BCUT2D eigenvalue weighted by Crippen LogP contribution is -2.23. The van der Waals surface area contributed by atoms with Crippen LogP contribution in [0.1, 0.15) is 27.0 Å². The Morgan fingerprint density at radius 3 is 2.27 bits per heavy atom. The van der Waals surface area contributed by atoms with Crippen molar-refractivity contribution in [3.05, 3.63) is 58.7 Å². The average molecular weight is 299 g/mol. The third-order valence-electron chi connectivity index (χ3n) is 3.65. The van der Waals surface area contributed by atoms with Crippen LogP contribution in [0.5, 0.6) is 11.5 Å². The molecule has 4 nitrogen and oxygen atoms in total. The zero-order valence-corrected chi connectivity index (χ0v) is 13.4. The summed E-state index contributed by atoms with van der Waals surface area (Å²) in [5.41, 5.74) is 3.85. The first-order valence-electron chi connectivity index (χ1n) is 7.11. The fraction of sp³-hybridized carbons (Fsp3) is 0.278. The van der Waals surface area contributed by atoms with Crippen molar-refractivity contribution >= 4 is 5.91 Å². The molecule has 0 saturated carbocycles. The maximum Gasteiger partial charge on any atom is 0.251 e. The van der Waals surface area contributed by atoms with Gasteiger partial charge in [0.15, 0.2) is 0 Å². The molecule has 0 aromatic heterocycles. The van der Waals surface area contributed by atoms with E-state index in [0.717, 1.165) is 28.2 Å². The summed E-state index contributed by atoms with van der Waals surface area (Å²) < 4.78 is 10.4. The number of nitrogens with one attached hydrogen (secondary N) is 1. The van der Waals surface area contributed by atoms with Crippen molar-refractivity contribution in [2.24, 2.45) is 0 Å². The van der Waals surface area contributed by atoms with Gasteiger partial charge in [-0.15, -0.1) is 0 Å². The lowest BCUT2D eigenvalue weighted by atomic mass is 10.0. The molecule has 0 aliphatic heterocycles. The van der Waals surface area contributed by atoms with Gasteiger partial charge in [0, 0.05) is 12.1 Å². The van der Waals surface area contributed by atoms with Gasteiger partial charge in [-0.2, -0.15) is 0 Å². The number of hydrogen-bond acceptors (Lipinski definition) is 3. The molecule has 0 saturated heterocycles. The highest BCUT2D eigenvalue weighted by Gasteiger charge is 2.08. The van der Waals surface area contributed by atoms with Crippen LogP contribution in [0.4, 0.5) is 0 Å². The van der Waals surface area contributed by atoms with Crippen LogP contribution in [-0.2, 0) is 6.54 Å². The van der Waals surface area contributed by atoms with E-state index >= 15 is 0 Å². The lowest BCUT2D eigenvalue weighted by molar-refractivity contribution is 0.0951. The normalized spacial score (nSPS) is 10.2. The van der Waals surface area contributed by atoms with Gasteiger partial charge in [-0.1, -0.05) is 6.07 Å². The molecular weight excluding hydrogens is 278 g/mol. The monoisotopic (exact) mass is 299 g/mol. The number of rotatable bonds is 5. The molecule has 0 unspecified atom stereocenters. The zero-order chi connectivity index (χ0) is 16.1. The third-order valence-corrected chi connectivity index (χ3v) is 3.65. The van der Waals surface area contributed by atoms with Gasteiger partial charge >= 0.3 is 0 Å². The Hall–Kier alpha value is -2.49. The van der Waals surface area contributed by atoms with Crippen LogP contribution < -0.4 is 14.8 Å². The number of carbonyl (C=O) groups excluding carboxylic acids is 1. The number of carbonyl (C=O) groups is 1. The minimum Gasteiger partial charge on any atom is -0.497 e.